The maximum Gasteiger partial charge on any atom is 0.242 e. The number of amides is 2. The third-order valence-corrected chi connectivity index (χ3v) is 3.87. The zero-order valence-electron chi connectivity index (χ0n) is 8.99. The SMILES string of the molecule is CC(CCN1CC(=O)NCC1=O)S(C)=O. The van der Waals surface area contributed by atoms with Crippen molar-refractivity contribution in [3.05, 3.63) is 0 Å². The van der Waals surface area contributed by atoms with Gasteiger partial charge >= 0.3 is 0 Å². The highest BCUT2D eigenvalue weighted by atomic mass is 32.2. The van der Waals surface area contributed by atoms with Crippen LogP contribution in [0.3, 0.4) is 0 Å². The minimum Gasteiger partial charge on any atom is -0.345 e. The number of carbonyl (C=O) groups is 2. The van der Waals surface area contributed by atoms with Gasteiger partial charge in [0.1, 0.15) is 0 Å². The lowest BCUT2D eigenvalue weighted by Gasteiger charge is -2.27. The van der Waals surface area contributed by atoms with Gasteiger partial charge in [0, 0.05) is 28.9 Å². The molecule has 2 amide bonds. The summed E-state index contributed by atoms with van der Waals surface area (Å²) in [6.45, 7) is 2.60. The van der Waals surface area contributed by atoms with Gasteiger partial charge in [-0.1, -0.05) is 6.92 Å². The highest BCUT2D eigenvalue weighted by Gasteiger charge is 2.23. The lowest BCUT2D eigenvalue weighted by atomic mass is 10.2. The van der Waals surface area contributed by atoms with Gasteiger partial charge in [-0.3, -0.25) is 13.8 Å². The Labute approximate surface area is 91.7 Å². The molecule has 2 unspecified atom stereocenters. The van der Waals surface area contributed by atoms with Crippen LogP contribution in [0.1, 0.15) is 13.3 Å². The summed E-state index contributed by atoms with van der Waals surface area (Å²) in [5.74, 6) is -0.191. The van der Waals surface area contributed by atoms with Crippen LogP contribution in [0.15, 0.2) is 0 Å². The van der Waals surface area contributed by atoms with E-state index in [4.69, 9.17) is 0 Å². The number of rotatable bonds is 4. The van der Waals surface area contributed by atoms with E-state index in [-0.39, 0.29) is 30.2 Å². The Hall–Kier alpha value is -0.910. The minimum absolute atomic E-state index is 0.0581. The van der Waals surface area contributed by atoms with Crippen LogP contribution in [0, 0.1) is 0 Å². The Balaban J connectivity index is 2.40. The minimum atomic E-state index is -0.873. The van der Waals surface area contributed by atoms with Gasteiger partial charge in [0.05, 0.1) is 13.1 Å². The maximum atomic E-state index is 11.4. The number of carbonyl (C=O) groups excluding carboxylic acids is 2. The second-order valence-electron chi connectivity index (χ2n) is 3.69. The molecule has 0 aromatic carbocycles. The first-order valence-electron chi connectivity index (χ1n) is 4.87. The van der Waals surface area contributed by atoms with Crippen LogP contribution < -0.4 is 5.32 Å². The Morgan fingerprint density at radius 3 is 2.80 bits per heavy atom. The standard InChI is InChI=1S/C9H16N2O3S/c1-7(15(2)14)3-4-11-6-8(12)10-5-9(11)13/h7H,3-6H2,1-2H3,(H,10,12). The van der Waals surface area contributed by atoms with E-state index in [1.54, 1.807) is 6.26 Å². The molecule has 1 N–H and O–H groups in total. The average molecular weight is 232 g/mol. The first-order valence-corrected chi connectivity index (χ1v) is 6.49. The first kappa shape index (κ1) is 12.2. The molecule has 0 aromatic heterocycles. The second-order valence-corrected chi connectivity index (χ2v) is 5.49. The Bertz CT molecular complexity index is 293. The number of hydrogen-bond donors (Lipinski definition) is 1. The van der Waals surface area contributed by atoms with Crippen LogP contribution in [0.25, 0.3) is 0 Å². The first-order chi connectivity index (χ1) is 7.00. The monoisotopic (exact) mass is 232 g/mol. The van der Waals surface area contributed by atoms with Crippen molar-refractivity contribution in [2.45, 2.75) is 18.6 Å². The molecule has 86 valence electrons. The lowest BCUT2D eigenvalue weighted by molar-refractivity contribution is -0.140. The Morgan fingerprint density at radius 2 is 2.20 bits per heavy atom. The molecule has 0 radical (unpaired) electrons. The highest BCUT2D eigenvalue weighted by Crippen LogP contribution is 2.03. The van der Waals surface area contributed by atoms with E-state index in [9.17, 15) is 13.8 Å². The predicted octanol–water partition coefficient (Wildman–Crippen LogP) is -0.898. The van der Waals surface area contributed by atoms with Crippen LogP contribution in [0.2, 0.25) is 0 Å². The summed E-state index contributed by atoms with van der Waals surface area (Å²) in [6.07, 6.45) is 2.32. The Kier molecular flexibility index (Phi) is 4.26. The zero-order valence-corrected chi connectivity index (χ0v) is 9.80. The summed E-state index contributed by atoms with van der Waals surface area (Å²) >= 11 is 0. The Morgan fingerprint density at radius 1 is 1.53 bits per heavy atom. The normalized spacial score (nSPS) is 21.1. The molecule has 0 saturated carbocycles. The molecule has 0 aliphatic carbocycles. The average Bonchev–Trinajstić information content (AvgIpc) is 2.18. The van der Waals surface area contributed by atoms with E-state index in [1.165, 1.54) is 4.90 Å². The van der Waals surface area contributed by atoms with Crippen molar-refractivity contribution in [3.8, 4) is 0 Å². The van der Waals surface area contributed by atoms with Gasteiger partial charge in [0.2, 0.25) is 11.8 Å². The van der Waals surface area contributed by atoms with Crippen LogP contribution in [0.5, 0.6) is 0 Å². The van der Waals surface area contributed by atoms with E-state index in [2.05, 4.69) is 5.32 Å². The summed E-state index contributed by atoms with van der Waals surface area (Å²) in [7, 11) is -0.873. The topological polar surface area (TPSA) is 66.5 Å². The summed E-state index contributed by atoms with van der Waals surface area (Å²) in [4.78, 5) is 23.9. The van der Waals surface area contributed by atoms with Gasteiger partial charge in [0.15, 0.2) is 0 Å². The van der Waals surface area contributed by atoms with Crippen LogP contribution >= 0.6 is 0 Å². The summed E-state index contributed by atoms with van der Waals surface area (Å²) in [5.41, 5.74) is 0. The molecule has 15 heavy (non-hydrogen) atoms. The van der Waals surface area contributed by atoms with Gasteiger partial charge < -0.3 is 10.2 Å². The third kappa shape index (κ3) is 3.62. The largest absolute Gasteiger partial charge is 0.345 e. The third-order valence-electron chi connectivity index (χ3n) is 2.50. The summed E-state index contributed by atoms with van der Waals surface area (Å²) in [6, 6.07) is 0. The molecule has 1 rings (SSSR count). The number of hydrogen-bond acceptors (Lipinski definition) is 3. The molecule has 1 heterocycles. The quantitative estimate of drug-likeness (QED) is 0.683. The lowest BCUT2D eigenvalue weighted by Crippen LogP contribution is -2.52. The molecule has 5 nitrogen and oxygen atoms in total. The van der Waals surface area contributed by atoms with Crippen molar-refractivity contribution in [2.75, 3.05) is 25.9 Å². The fourth-order valence-electron chi connectivity index (χ4n) is 1.31. The molecule has 1 aliphatic rings. The van der Waals surface area contributed by atoms with Crippen molar-refractivity contribution in [1.82, 2.24) is 10.2 Å². The van der Waals surface area contributed by atoms with Crippen LogP contribution in [0.4, 0.5) is 0 Å². The van der Waals surface area contributed by atoms with Crippen molar-refractivity contribution >= 4 is 22.6 Å². The van der Waals surface area contributed by atoms with E-state index >= 15 is 0 Å². The molecule has 0 aromatic rings. The van der Waals surface area contributed by atoms with E-state index in [1.807, 2.05) is 6.92 Å². The van der Waals surface area contributed by atoms with Gasteiger partial charge in [-0.25, -0.2) is 0 Å². The molecule has 1 fully saturated rings. The van der Waals surface area contributed by atoms with Gasteiger partial charge in [0.25, 0.3) is 0 Å². The smallest absolute Gasteiger partial charge is 0.242 e. The predicted molar refractivity (Wildman–Crippen MR) is 57.7 cm³/mol. The fourth-order valence-corrected chi connectivity index (χ4v) is 1.75. The number of nitrogens with one attached hydrogen (secondary N) is 1. The maximum absolute atomic E-state index is 11.4. The molecule has 6 heteroatoms. The highest BCUT2D eigenvalue weighted by molar-refractivity contribution is 7.84. The van der Waals surface area contributed by atoms with Gasteiger partial charge in [-0.2, -0.15) is 0 Å². The van der Waals surface area contributed by atoms with Crippen LogP contribution in [-0.4, -0.2) is 52.1 Å². The van der Waals surface area contributed by atoms with E-state index in [0.717, 1.165) is 0 Å². The fraction of sp³-hybridized carbons (Fsp3) is 0.778. The molecule has 1 saturated heterocycles. The molecule has 1 aliphatic heterocycles. The summed E-state index contributed by atoms with van der Waals surface area (Å²) < 4.78 is 11.1. The van der Waals surface area contributed by atoms with E-state index in [0.29, 0.717) is 13.0 Å². The summed E-state index contributed by atoms with van der Waals surface area (Å²) in [5, 5.41) is 2.54. The number of nitrogens with zero attached hydrogens (tertiary/aromatic N) is 1. The van der Waals surface area contributed by atoms with Crippen molar-refractivity contribution < 1.29 is 13.8 Å². The number of piperazine rings is 1. The zero-order chi connectivity index (χ0) is 11.4. The van der Waals surface area contributed by atoms with Crippen molar-refractivity contribution in [2.24, 2.45) is 0 Å². The molecular weight excluding hydrogens is 216 g/mol. The van der Waals surface area contributed by atoms with Gasteiger partial charge in [-0.05, 0) is 6.42 Å². The van der Waals surface area contributed by atoms with E-state index < -0.39 is 10.8 Å². The van der Waals surface area contributed by atoms with Gasteiger partial charge in [-0.15, -0.1) is 0 Å². The van der Waals surface area contributed by atoms with Crippen LogP contribution in [-0.2, 0) is 20.4 Å². The molecule has 0 bridgehead atoms. The molecular formula is C9H16N2O3S. The van der Waals surface area contributed by atoms with Crippen molar-refractivity contribution in [3.63, 3.8) is 0 Å². The molecule has 2 atom stereocenters. The second kappa shape index (κ2) is 5.25. The van der Waals surface area contributed by atoms with Crippen molar-refractivity contribution in [1.29, 1.82) is 0 Å². The molecule has 0 spiro atoms.